The van der Waals surface area contributed by atoms with Gasteiger partial charge in [0.05, 0.1) is 17.6 Å². The molecule has 3 heterocycles. The number of rotatable bonds is 2. The molecule has 0 radical (unpaired) electrons. The van der Waals surface area contributed by atoms with Crippen LogP contribution in [0.5, 0.6) is 0 Å². The van der Waals surface area contributed by atoms with Crippen molar-refractivity contribution in [1.29, 1.82) is 5.26 Å². The Balaban J connectivity index is 1.52. The zero-order chi connectivity index (χ0) is 19.9. The summed E-state index contributed by atoms with van der Waals surface area (Å²) in [5.74, 6) is 0.0306. The molecule has 1 aromatic heterocycles. The van der Waals surface area contributed by atoms with Gasteiger partial charge in [0.2, 0.25) is 5.91 Å². The van der Waals surface area contributed by atoms with E-state index in [0.29, 0.717) is 31.6 Å². The second kappa shape index (κ2) is 6.86. The molecule has 1 spiro atoms. The molecule has 7 heteroatoms. The molecule has 0 saturated carbocycles. The molecule has 7 nitrogen and oxygen atoms in total. The topological polar surface area (TPSA) is 78.6 Å². The fourth-order valence-electron chi connectivity index (χ4n) is 4.48. The molecule has 2 fully saturated rings. The third kappa shape index (κ3) is 2.99. The lowest BCUT2D eigenvalue weighted by molar-refractivity contribution is -0.131. The van der Waals surface area contributed by atoms with Gasteiger partial charge in [0.1, 0.15) is 18.2 Å². The lowest BCUT2D eigenvalue weighted by Gasteiger charge is -2.25. The average molecular weight is 380 g/mol. The van der Waals surface area contributed by atoms with Crippen molar-refractivity contribution in [3.63, 3.8) is 0 Å². The second-order valence-corrected chi connectivity index (χ2v) is 7.82. The Labute approximate surface area is 164 Å². The van der Waals surface area contributed by atoms with Gasteiger partial charge in [0.15, 0.2) is 0 Å². The number of nitrogens with zero attached hydrogens (tertiary/aromatic N) is 4. The Morgan fingerprint density at radius 2 is 2.07 bits per heavy atom. The van der Waals surface area contributed by atoms with Crippen LogP contribution >= 0.6 is 0 Å². The van der Waals surface area contributed by atoms with Crippen molar-refractivity contribution in [2.75, 3.05) is 26.7 Å². The van der Waals surface area contributed by atoms with Crippen LogP contribution < -0.4 is 0 Å². The van der Waals surface area contributed by atoms with E-state index >= 15 is 0 Å². The number of carbonyl (C=O) groups is 2. The van der Waals surface area contributed by atoms with Crippen LogP contribution in [0.2, 0.25) is 0 Å². The maximum atomic E-state index is 13.0. The number of likely N-dealkylation sites (N-methyl/N-ethyl adjacent to an activating group) is 1. The fraction of sp³-hybridized carbons (Fsp3) is 0.476. The molecule has 2 aliphatic heterocycles. The summed E-state index contributed by atoms with van der Waals surface area (Å²) in [6.07, 6.45) is 1.96. The van der Waals surface area contributed by atoms with Crippen molar-refractivity contribution in [3.8, 4) is 6.07 Å². The monoisotopic (exact) mass is 380 g/mol. The van der Waals surface area contributed by atoms with Gasteiger partial charge < -0.3 is 19.1 Å². The van der Waals surface area contributed by atoms with E-state index in [1.54, 1.807) is 11.9 Å². The third-order valence-electron chi connectivity index (χ3n) is 6.03. The normalized spacial score (nSPS) is 22.4. The zero-order valence-corrected chi connectivity index (χ0v) is 16.3. The van der Waals surface area contributed by atoms with Crippen LogP contribution in [0.15, 0.2) is 24.3 Å². The summed E-state index contributed by atoms with van der Waals surface area (Å²) < 4.78 is 7.56. The SMILES string of the molecule is Cc1c(C#N)c2ccccc2n1CC(=O)N1CCC[C@@]2(CC1)CN(C)C(=O)O2. The lowest BCUT2D eigenvalue weighted by atomic mass is 9.95. The molecular weight excluding hydrogens is 356 g/mol. The summed E-state index contributed by atoms with van der Waals surface area (Å²) in [6.45, 7) is 3.91. The number of carbonyl (C=O) groups excluding carboxylic acids is 2. The van der Waals surface area contributed by atoms with E-state index in [2.05, 4.69) is 6.07 Å². The van der Waals surface area contributed by atoms with Crippen molar-refractivity contribution in [3.05, 3.63) is 35.5 Å². The Bertz CT molecular complexity index is 989. The number of aromatic nitrogens is 1. The van der Waals surface area contributed by atoms with E-state index in [9.17, 15) is 14.9 Å². The minimum absolute atomic E-state index is 0.0306. The number of fused-ring (bicyclic) bond motifs is 1. The van der Waals surface area contributed by atoms with E-state index in [1.165, 1.54) is 0 Å². The summed E-state index contributed by atoms with van der Waals surface area (Å²) >= 11 is 0. The predicted octanol–water partition coefficient (Wildman–Crippen LogP) is 2.65. The zero-order valence-electron chi connectivity index (χ0n) is 16.3. The van der Waals surface area contributed by atoms with Gasteiger partial charge in [-0.2, -0.15) is 5.26 Å². The van der Waals surface area contributed by atoms with E-state index in [1.807, 2.05) is 40.7 Å². The van der Waals surface area contributed by atoms with Crippen molar-refractivity contribution < 1.29 is 14.3 Å². The van der Waals surface area contributed by atoms with Gasteiger partial charge in [-0.05, 0) is 25.8 Å². The van der Waals surface area contributed by atoms with Crippen LogP contribution in [0.3, 0.4) is 0 Å². The Morgan fingerprint density at radius 3 is 2.79 bits per heavy atom. The molecular formula is C21H24N4O3. The van der Waals surface area contributed by atoms with Gasteiger partial charge in [-0.15, -0.1) is 0 Å². The Kier molecular flexibility index (Phi) is 4.50. The minimum atomic E-state index is -0.467. The number of nitriles is 1. The second-order valence-electron chi connectivity index (χ2n) is 7.82. The molecule has 0 aliphatic carbocycles. The molecule has 1 aromatic carbocycles. The highest BCUT2D eigenvalue weighted by atomic mass is 16.6. The molecule has 1 atom stereocenters. The summed E-state index contributed by atoms with van der Waals surface area (Å²) in [5, 5.41) is 10.4. The van der Waals surface area contributed by atoms with Gasteiger partial charge in [0, 0.05) is 37.6 Å². The maximum Gasteiger partial charge on any atom is 0.410 e. The maximum absolute atomic E-state index is 13.0. The number of hydrogen-bond donors (Lipinski definition) is 0. The minimum Gasteiger partial charge on any atom is -0.441 e. The van der Waals surface area contributed by atoms with Gasteiger partial charge in [-0.25, -0.2) is 4.79 Å². The smallest absolute Gasteiger partial charge is 0.410 e. The van der Waals surface area contributed by atoms with Gasteiger partial charge in [-0.3, -0.25) is 4.79 Å². The molecule has 28 heavy (non-hydrogen) atoms. The first-order chi connectivity index (χ1) is 13.4. The van der Waals surface area contributed by atoms with Gasteiger partial charge >= 0.3 is 6.09 Å². The third-order valence-corrected chi connectivity index (χ3v) is 6.03. The van der Waals surface area contributed by atoms with Crippen LogP contribution in [0.4, 0.5) is 4.79 Å². The summed E-state index contributed by atoms with van der Waals surface area (Å²) in [7, 11) is 1.75. The van der Waals surface area contributed by atoms with Crippen molar-refractivity contribution >= 4 is 22.9 Å². The van der Waals surface area contributed by atoms with Crippen molar-refractivity contribution in [1.82, 2.24) is 14.4 Å². The van der Waals surface area contributed by atoms with Crippen LogP contribution in [0.1, 0.15) is 30.5 Å². The predicted molar refractivity (Wildman–Crippen MR) is 104 cm³/mol. The largest absolute Gasteiger partial charge is 0.441 e. The van der Waals surface area contributed by atoms with E-state index in [-0.39, 0.29) is 18.5 Å². The summed E-state index contributed by atoms with van der Waals surface area (Å²) in [6, 6.07) is 9.96. The molecule has 2 amide bonds. The number of hydrogen-bond acceptors (Lipinski definition) is 4. The highest BCUT2D eigenvalue weighted by Gasteiger charge is 2.44. The summed E-state index contributed by atoms with van der Waals surface area (Å²) in [5.41, 5.74) is 1.88. The number of para-hydroxylation sites is 1. The number of amides is 2. The molecule has 146 valence electrons. The van der Waals surface area contributed by atoms with E-state index < -0.39 is 5.60 Å². The standard InChI is InChI=1S/C21H24N4O3/c1-15-17(12-22)16-6-3-4-7-18(16)25(15)13-19(26)24-10-5-8-21(9-11-24)14-23(2)20(27)28-21/h3-4,6-7H,5,8-11,13-14H2,1-2H3/t21-/m1/s1. The highest BCUT2D eigenvalue weighted by Crippen LogP contribution is 2.33. The molecule has 0 unspecified atom stereocenters. The fourth-order valence-corrected chi connectivity index (χ4v) is 4.48. The first-order valence-electron chi connectivity index (χ1n) is 9.64. The Hall–Kier alpha value is -3.01. The number of likely N-dealkylation sites (tertiary alicyclic amines) is 1. The Morgan fingerprint density at radius 1 is 1.29 bits per heavy atom. The molecule has 0 N–H and O–H groups in total. The van der Waals surface area contributed by atoms with E-state index in [4.69, 9.17) is 4.74 Å². The van der Waals surface area contributed by atoms with Crippen molar-refractivity contribution in [2.24, 2.45) is 0 Å². The molecule has 0 bridgehead atoms. The first kappa shape index (κ1) is 18.4. The first-order valence-corrected chi connectivity index (χ1v) is 9.64. The molecule has 2 saturated heterocycles. The summed E-state index contributed by atoms with van der Waals surface area (Å²) in [4.78, 5) is 28.3. The van der Waals surface area contributed by atoms with Gasteiger partial charge in [-0.1, -0.05) is 18.2 Å². The highest BCUT2D eigenvalue weighted by molar-refractivity contribution is 5.89. The quantitative estimate of drug-likeness (QED) is 0.802. The van der Waals surface area contributed by atoms with E-state index in [0.717, 1.165) is 29.4 Å². The van der Waals surface area contributed by atoms with Crippen LogP contribution in [0, 0.1) is 18.3 Å². The lowest BCUT2D eigenvalue weighted by Crippen LogP contribution is -2.38. The molecule has 2 aliphatic rings. The van der Waals surface area contributed by atoms with Crippen molar-refractivity contribution in [2.45, 2.75) is 38.3 Å². The van der Waals surface area contributed by atoms with Gasteiger partial charge in [0.25, 0.3) is 0 Å². The van der Waals surface area contributed by atoms with Crippen LogP contribution in [0.25, 0.3) is 10.9 Å². The van der Waals surface area contributed by atoms with Crippen LogP contribution in [-0.4, -0.2) is 58.7 Å². The number of benzene rings is 1. The molecule has 2 aromatic rings. The number of ether oxygens (including phenoxy) is 1. The molecule has 4 rings (SSSR count). The average Bonchev–Trinajstić information content (AvgIpc) is 3.00. The van der Waals surface area contributed by atoms with Crippen LogP contribution in [-0.2, 0) is 16.1 Å².